The molecule has 5 aromatic carbocycles. The normalized spacial score (nSPS) is 12.1. The number of anilines is 3. The van der Waals surface area contributed by atoms with Crippen LogP contribution in [0.5, 0.6) is 17.2 Å². The lowest BCUT2D eigenvalue weighted by Crippen LogP contribution is -2.15. The molecule has 0 bridgehead atoms. The number of aromatic nitrogens is 7. The Morgan fingerprint density at radius 2 is 0.750 bits per heavy atom. The molecule has 0 saturated carbocycles. The molecule has 0 radical (unpaired) electrons. The minimum Gasteiger partial charge on any atom is -0.505 e. The van der Waals surface area contributed by atoms with Crippen molar-refractivity contribution in [2.75, 3.05) is 16.0 Å². The number of hydrogen-bond acceptors (Lipinski definition) is 13. The van der Waals surface area contributed by atoms with Gasteiger partial charge in [-0.1, -0.05) is 89.4 Å². The fraction of sp³-hybridized carbons (Fsp3) is 0.0484. The molecule has 396 valence electrons. The second-order valence-corrected chi connectivity index (χ2v) is 19.0. The van der Waals surface area contributed by atoms with Gasteiger partial charge in [0, 0.05) is 81.8 Å². The van der Waals surface area contributed by atoms with Crippen molar-refractivity contribution in [1.82, 2.24) is 34.9 Å². The Labute approximate surface area is 472 Å². The summed E-state index contributed by atoms with van der Waals surface area (Å²) in [7, 11) is 0. The topological polar surface area (TPSA) is 187 Å². The molecule has 0 spiro atoms. The summed E-state index contributed by atoms with van der Waals surface area (Å²) in [6.07, 6.45) is 11.5. The zero-order valence-electron chi connectivity index (χ0n) is 41.9. The lowest BCUT2D eigenvalue weighted by molar-refractivity contribution is 0.470. The molecule has 12 aromatic rings. The molecule has 80 heavy (non-hydrogen) atoms. The van der Waals surface area contributed by atoms with Crippen LogP contribution in [-0.2, 0) is 0 Å². The van der Waals surface area contributed by atoms with E-state index < -0.39 is 23.9 Å². The third-order valence-electron chi connectivity index (χ3n) is 12.7. The van der Waals surface area contributed by atoms with Gasteiger partial charge in [-0.05, 0) is 127 Å². The molecule has 3 unspecified atom stereocenters. The minimum absolute atomic E-state index is 0.00677. The van der Waals surface area contributed by atoms with Crippen molar-refractivity contribution in [3.8, 4) is 17.2 Å². The molecular formula is C62H45Cl3F2N10O3. The molecule has 0 aliphatic heterocycles. The van der Waals surface area contributed by atoms with E-state index in [1.807, 2.05) is 54.6 Å². The van der Waals surface area contributed by atoms with Gasteiger partial charge in [-0.15, -0.1) is 0 Å². The number of nitrogens with one attached hydrogen (secondary N) is 3. The van der Waals surface area contributed by atoms with Crippen LogP contribution in [0.2, 0.25) is 15.1 Å². The highest BCUT2D eigenvalue weighted by atomic mass is 35.5. The standard InChI is InChI=1S/2C21H15ClFN3O.C20H15ClN4O/c22-17-12-16(21(27)20-15(17)7-4-10-25-20)19(13-5-3-6-14(23)11-13)26-18-8-1-2-9-24-18;22-16-12-15(21(27)20-13(16)7-5-11-25-20)19(14-6-1-2-8-17(14)23)26-18-9-3-4-10-24-18;21-15-12-14(20(26)19-13(15)6-5-11-24-19)18(16-7-1-3-9-22-16)25-17-8-2-4-10-23-17/h2*1-12,19,27H,(H,24,26);1-12,18,26H,(H,23,25). The van der Waals surface area contributed by atoms with Crippen molar-refractivity contribution in [2.45, 2.75) is 18.1 Å². The molecule has 18 heteroatoms. The van der Waals surface area contributed by atoms with Crippen LogP contribution >= 0.6 is 34.8 Å². The smallest absolute Gasteiger partial charge is 0.147 e. The van der Waals surface area contributed by atoms with Gasteiger partial charge < -0.3 is 31.3 Å². The highest BCUT2D eigenvalue weighted by molar-refractivity contribution is 6.36. The maximum absolute atomic E-state index is 14.6. The van der Waals surface area contributed by atoms with Gasteiger partial charge in [0.2, 0.25) is 0 Å². The summed E-state index contributed by atoms with van der Waals surface area (Å²) in [5.74, 6) is 1.04. The van der Waals surface area contributed by atoms with Gasteiger partial charge >= 0.3 is 0 Å². The highest BCUT2D eigenvalue weighted by Crippen LogP contribution is 2.43. The molecule has 0 aliphatic carbocycles. The van der Waals surface area contributed by atoms with Gasteiger partial charge in [0.25, 0.3) is 0 Å². The van der Waals surface area contributed by atoms with E-state index in [0.29, 0.717) is 93.0 Å². The van der Waals surface area contributed by atoms with Gasteiger partial charge in [0.05, 0.1) is 38.9 Å². The maximum atomic E-state index is 14.6. The van der Waals surface area contributed by atoms with E-state index >= 15 is 0 Å². The molecule has 7 aromatic heterocycles. The Kier molecular flexibility index (Phi) is 16.7. The summed E-state index contributed by atoms with van der Waals surface area (Å²) in [5.41, 5.74) is 4.44. The summed E-state index contributed by atoms with van der Waals surface area (Å²) in [6.45, 7) is 0. The number of benzene rings is 5. The van der Waals surface area contributed by atoms with Crippen molar-refractivity contribution in [2.24, 2.45) is 0 Å². The van der Waals surface area contributed by atoms with E-state index in [0.717, 1.165) is 5.69 Å². The Morgan fingerprint density at radius 1 is 0.350 bits per heavy atom. The first-order chi connectivity index (χ1) is 39.0. The molecule has 0 amide bonds. The molecule has 3 atom stereocenters. The predicted octanol–water partition coefficient (Wildman–Crippen LogP) is 15.2. The summed E-state index contributed by atoms with van der Waals surface area (Å²) in [6, 6.07) is 48.6. The lowest BCUT2D eigenvalue weighted by Gasteiger charge is -2.22. The van der Waals surface area contributed by atoms with Crippen LogP contribution in [0.1, 0.15) is 51.6 Å². The molecule has 0 fully saturated rings. The van der Waals surface area contributed by atoms with Crippen molar-refractivity contribution in [3.63, 3.8) is 0 Å². The lowest BCUT2D eigenvalue weighted by atomic mass is 9.95. The van der Waals surface area contributed by atoms with Crippen LogP contribution in [0.3, 0.4) is 0 Å². The Bertz CT molecular complexity index is 4090. The van der Waals surface area contributed by atoms with Crippen LogP contribution in [0.15, 0.2) is 219 Å². The van der Waals surface area contributed by atoms with E-state index in [9.17, 15) is 24.1 Å². The van der Waals surface area contributed by atoms with Crippen LogP contribution in [0, 0.1) is 11.6 Å². The zero-order valence-corrected chi connectivity index (χ0v) is 44.1. The number of rotatable bonds is 12. The number of phenolic OH excluding ortho intramolecular Hbond substituents is 3. The number of fused-ring (bicyclic) bond motifs is 3. The predicted molar refractivity (Wildman–Crippen MR) is 311 cm³/mol. The number of phenols is 3. The van der Waals surface area contributed by atoms with E-state index in [1.165, 1.54) is 18.2 Å². The summed E-state index contributed by atoms with van der Waals surface area (Å²) in [4.78, 5) is 30.0. The molecule has 0 saturated heterocycles. The van der Waals surface area contributed by atoms with E-state index in [-0.39, 0.29) is 23.1 Å². The van der Waals surface area contributed by atoms with Crippen LogP contribution in [-0.4, -0.2) is 50.2 Å². The number of halogens is 5. The number of hydrogen-bond donors (Lipinski definition) is 6. The number of nitrogens with zero attached hydrogens (tertiary/aromatic N) is 7. The second-order valence-electron chi connectivity index (χ2n) is 17.8. The second kappa shape index (κ2) is 24.8. The molecule has 0 aliphatic rings. The van der Waals surface area contributed by atoms with Crippen LogP contribution in [0.25, 0.3) is 32.7 Å². The zero-order chi connectivity index (χ0) is 55.5. The molecule has 13 nitrogen and oxygen atoms in total. The third kappa shape index (κ3) is 12.1. The quantitative estimate of drug-likeness (QED) is 0.0679. The minimum atomic E-state index is -0.704. The SMILES string of the molecule is Oc1c(C(Nc2ccccn2)c2cccc(F)c2)cc(Cl)c2cccnc12.Oc1c(C(Nc2ccccn2)c2ccccc2F)cc(Cl)c2cccnc12.Oc1c(C(Nc2ccccn2)c2ccccn2)cc(Cl)c2cccnc12. The van der Waals surface area contributed by atoms with Crippen molar-refractivity contribution in [1.29, 1.82) is 0 Å². The van der Waals surface area contributed by atoms with Gasteiger partial charge in [0.15, 0.2) is 0 Å². The van der Waals surface area contributed by atoms with E-state index in [1.54, 1.807) is 147 Å². The van der Waals surface area contributed by atoms with Gasteiger partial charge in [-0.25, -0.2) is 23.7 Å². The van der Waals surface area contributed by atoms with Crippen LogP contribution < -0.4 is 16.0 Å². The third-order valence-corrected chi connectivity index (χ3v) is 13.7. The van der Waals surface area contributed by atoms with Gasteiger partial charge in [-0.2, -0.15) is 0 Å². The maximum Gasteiger partial charge on any atom is 0.147 e. The highest BCUT2D eigenvalue weighted by Gasteiger charge is 2.26. The first-order valence-electron chi connectivity index (χ1n) is 24.7. The summed E-state index contributed by atoms with van der Waals surface area (Å²) < 4.78 is 28.5. The Morgan fingerprint density at radius 3 is 1.19 bits per heavy atom. The average molecular weight is 1120 g/mol. The summed E-state index contributed by atoms with van der Waals surface area (Å²) in [5, 5.41) is 45.8. The average Bonchev–Trinajstić information content (AvgIpc) is 3.52. The fourth-order valence-electron chi connectivity index (χ4n) is 8.98. The van der Waals surface area contributed by atoms with Crippen molar-refractivity contribution in [3.05, 3.63) is 280 Å². The number of aromatic hydroxyl groups is 3. The largest absolute Gasteiger partial charge is 0.505 e. The molecule has 7 heterocycles. The van der Waals surface area contributed by atoms with Crippen molar-refractivity contribution >= 4 is 85.0 Å². The van der Waals surface area contributed by atoms with Crippen molar-refractivity contribution < 1.29 is 24.1 Å². The van der Waals surface area contributed by atoms with E-state index in [2.05, 4.69) is 50.8 Å². The van der Waals surface area contributed by atoms with Gasteiger partial charge in [-0.3, -0.25) is 19.9 Å². The first-order valence-corrected chi connectivity index (χ1v) is 25.9. The number of pyridine rings is 7. The molecule has 12 rings (SSSR count). The van der Waals surface area contributed by atoms with Crippen LogP contribution in [0.4, 0.5) is 26.2 Å². The monoisotopic (exact) mass is 1120 g/mol. The molecular weight excluding hydrogens is 1080 g/mol. The summed E-state index contributed by atoms with van der Waals surface area (Å²) >= 11 is 19.3. The Balaban J connectivity index is 0.000000135. The first kappa shape index (κ1) is 53.8. The Hall–Kier alpha value is -9.54. The fourth-order valence-corrected chi connectivity index (χ4v) is 9.79. The van der Waals surface area contributed by atoms with E-state index in [4.69, 9.17) is 34.8 Å². The van der Waals surface area contributed by atoms with Gasteiger partial charge in [0.1, 0.15) is 62.9 Å². The molecule has 6 N–H and O–H groups in total.